The first-order valence-electron chi connectivity index (χ1n) is 20.1. The molecule has 67 heavy (non-hydrogen) atoms. The van der Waals surface area contributed by atoms with Crippen molar-refractivity contribution >= 4 is 59.3 Å². The lowest BCUT2D eigenvalue weighted by molar-refractivity contribution is -0.160. The zero-order chi connectivity index (χ0) is 50.2. The number of ether oxygens (including phenoxy) is 5. The number of aliphatic hydroxyl groups excluding tert-OH is 1. The van der Waals surface area contributed by atoms with Crippen LogP contribution >= 0.6 is 15.9 Å². The normalized spacial score (nSPS) is 16.3. The van der Waals surface area contributed by atoms with Gasteiger partial charge in [0.1, 0.15) is 59.9 Å². The van der Waals surface area contributed by atoms with Crippen LogP contribution in [-0.2, 0) is 56.2 Å². The third-order valence-corrected chi connectivity index (χ3v) is 13.2. The van der Waals surface area contributed by atoms with Gasteiger partial charge in [-0.2, -0.15) is 26.3 Å². The highest BCUT2D eigenvalue weighted by atomic mass is 79.9. The molecule has 4 aromatic carbocycles. The molecule has 0 saturated carbocycles. The highest BCUT2D eigenvalue weighted by Crippen LogP contribution is 2.43. The fourth-order valence-corrected chi connectivity index (χ4v) is 10.2. The number of anilines is 2. The fourth-order valence-electron chi connectivity index (χ4n) is 6.40. The lowest BCUT2D eigenvalue weighted by Gasteiger charge is -2.37. The third kappa shape index (κ3) is 14.5. The number of para-hydroxylation sites is 4. The molecule has 23 heteroatoms. The smallest absolute Gasteiger partial charge is 0.417 e. The molecule has 4 aromatic rings. The maximum Gasteiger partial charge on any atom is 0.417 e. The maximum atomic E-state index is 13.6. The van der Waals surface area contributed by atoms with Crippen molar-refractivity contribution in [2.75, 3.05) is 47.0 Å². The highest BCUT2D eigenvalue weighted by molar-refractivity contribution is 9.09. The van der Waals surface area contributed by atoms with Crippen molar-refractivity contribution in [1.82, 2.24) is 0 Å². The van der Waals surface area contributed by atoms with Crippen LogP contribution in [-0.4, -0.2) is 95.5 Å². The van der Waals surface area contributed by atoms with E-state index >= 15 is 0 Å². The molecule has 14 nitrogen and oxygen atoms in total. The van der Waals surface area contributed by atoms with E-state index in [1.165, 1.54) is 36.4 Å². The number of halogens is 7. The van der Waals surface area contributed by atoms with E-state index in [4.69, 9.17) is 23.7 Å². The zero-order valence-electron chi connectivity index (χ0n) is 36.9. The Morgan fingerprint density at radius 2 is 1.00 bits per heavy atom. The quantitative estimate of drug-likeness (QED) is 0.0914. The van der Waals surface area contributed by atoms with E-state index in [9.17, 15) is 57.9 Å². The summed E-state index contributed by atoms with van der Waals surface area (Å²) in [4.78, 5) is 20.7. The van der Waals surface area contributed by atoms with Gasteiger partial charge in [0.05, 0.1) is 45.5 Å². The SMILES string of the molecule is CC(C)(C)OC(=O)CBr.CC(C)(C)OC(=O)COCC1COc2ccccc2N1S(=O)(=O)c1ccccc1C(F)(F)F.O=S(=O)(c1ccccc1C(F)(F)F)N1c2ccccc2OCC1CO. The standard InChI is InChI=1S/C22H24F3NO6S.C16H14F3NO4S.C6H11BrO2/c1-21(2,3)32-20(27)14-30-12-15-13-31-18-10-6-5-9-17(18)26(15)33(28,29)19-11-7-4-8-16(19)22(23,24)25;17-16(18,19)12-5-1-4-8-15(12)25(22,23)20-11(9-21)10-24-14-7-3-2-6-13(14)20;1-6(2,3)9-5(8)4-7/h4-11,15H,12-14H2,1-3H3;1-8,11,21H,9-10H2;4H2,1-3H3. The molecule has 6 rings (SSSR count). The van der Waals surface area contributed by atoms with Gasteiger partial charge in [0.15, 0.2) is 0 Å². The Bertz CT molecular complexity index is 2570. The predicted octanol–water partition coefficient (Wildman–Crippen LogP) is 8.40. The van der Waals surface area contributed by atoms with Crippen LogP contribution in [0.4, 0.5) is 37.7 Å². The predicted molar refractivity (Wildman–Crippen MR) is 237 cm³/mol. The van der Waals surface area contributed by atoms with Gasteiger partial charge >= 0.3 is 24.3 Å². The average Bonchev–Trinajstić information content (AvgIpc) is 3.24. The monoisotopic (exact) mass is 1050 g/mol. The maximum absolute atomic E-state index is 13.6. The van der Waals surface area contributed by atoms with Gasteiger partial charge in [0, 0.05) is 0 Å². The fraction of sp³-hybridized carbons (Fsp3) is 0.409. The molecule has 1 N–H and O–H groups in total. The summed E-state index contributed by atoms with van der Waals surface area (Å²) >= 11 is 2.99. The summed E-state index contributed by atoms with van der Waals surface area (Å²) in [5, 5.41) is 9.79. The Morgan fingerprint density at radius 3 is 1.39 bits per heavy atom. The summed E-state index contributed by atoms with van der Waals surface area (Å²) in [6, 6.07) is 18.1. The topological polar surface area (TPSA) is 175 Å². The number of esters is 2. The molecule has 0 saturated heterocycles. The number of nitrogens with zero attached hydrogens (tertiary/aromatic N) is 2. The summed E-state index contributed by atoms with van der Waals surface area (Å²) < 4.78 is 162. The van der Waals surface area contributed by atoms with Crippen LogP contribution in [0.2, 0.25) is 0 Å². The summed E-state index contributed by atoms with van der Waals surface area (Å²) in [5.41, 5.74) is -3.45. The molecule has 2 unspecified atom stereocenters. The van der Waals surface area contributed by atoms with Crippen LogP contribution in [0.25, 0.3) is 0 Å². The second-order valence-electron chi connectivity index (χ2n) is 16.5. The average molecular weight is 1060 g/mol. The summed E-state index contributed by atoms with van der Waals surface area (Å²) in [5.74, 6) is -0.451. The van der Waals surface area contributed by atoms with Crippen molar-refractivity contribution in [2.24, 2.45) is 0 Å². The number of hydrogen-bond donors (Lipinski definition) is 1. The van der Waals surface area contributed by atoms with Crippen LogP contribution in [0, 0.1) is 0 Å². The first-order valence-corrected chi connectivity index (χ1v) is 24.1. The Labute approximate surface area is 392 Å². The van der Waals surface area contributed by atoms with Crippen molar-refractivity contribution in [2.45, 2.75) is 87.0 Å². The molecular weight excluding hydrogens is 1010 g/mol. The number of fused-ring (bicyclic) bond motifs is 2. The first kappa shape index (κ1) is 54.5. The number of alkyl halides is 7. The molecule has 2 heterocycles. The molecule has 2 aliphatic rings. The summed E-state index contributed by atoms with van der Waals surface area (Å²) in [6.07, 6.45) is -9.71. The minimum Gasteiger partial charge on any atom is -0.489 e. The minimum atomic E-state index is -4.88. The van der Waals surface area contributed by atoms with Gasteiger partial charge in [-0.15, -0.1) is 0 Å². The second-order valence-corrected chi connectivity index (χ2v) is 20.6. The Balaban J connectivity index is 0.000000253. The van der Waals surface area contributed by atoms with Gasteiger partial charge in [-0.25, -0.2) is 21.6 Å². The highest BCUT2D eigenvalue weighted by Gasteiger charge is 2.45. The van der Waals surface area contributed by atoms with Crippen molar-refractivity contribution in [1.29, 1.82) is 0 Å². The number of hydrogen-bond acceptors (Lipinski definition) is 12. The van der Waals surface area contributed by atoms with E-state index in [-0.39, 0.29) is 59.6 Å². The van der Waals surface area contributed by atoms with E-state index in [1.807, 2.05) is 20.8 Å². The Kier molecular flexibility index (Phi) is 17.8. The number of benzene rings is 4. The van der Waals surface area contributed by atoms with Crippen LogP contribution < -0.4 is 18.1 Å². The molecule has 0 fully saturated rings. The van der Waals surface area contributed by atoms with Crippen molar-refractivity contribution < 1.29 is 81.6 Å². The molecule has 0 radical (unpaired) electrons. The second kappa shape index (κ2) is 21.9. The van der Waals surface area contributed by atoms with E-state index in [2.05, 4.69) is 15.9 Å². The van der Waals surface area contributed by atoms with Crippen LogP contribution in [0.3, 0.4) is 0 Å². The molecule has 0 aliphatic carbocycles. The van der Waals surface area contributed by atoms with Crippen LogP contribution in [0.5, 0.6) is 11.5 Å². The minimum absolute atomic E-state index is 0.0756. The molecule has 2 atom stereocenters. The van der Waals surface area contributed by atoms with Gasteiger partial charge < -0.3 is 28.8 Å². The lowest BCUT2D eigenvalue weighted by Crippen LogP contribution is -2.49. The van der Waals surface area contributed by atoms with Gasteiger partial charge in [-0.05, 0) is 90.1 Å². The zero-order valence-corrected chi connectivity index (χ0v) is 40.1. The van der Waals surface area contributed by atoms with Gasteiger partial charge in [0.2, 0.25) is 0 Å². The number of sulfonamides is 2. The Hall–Kier alpha value is -5.10. The van der Waals surface area contributed by atoms with E-state index in [1.54, 1.807) is 45.0 Å². The number of rotatable bonds is 10. The summed E-state index contributed by atoms with van der Waals surface area (Å²) in [6.45, 7) is 8.87. The molecule has 0 aromatic heterocycles. The molecule has 0 amide bonds. The van der Waals surface area contributed by atoms with Crippen molar-refractivity contribution in [3.8, 4) is 11.5 Å². The third-order valence-electron chi connectivity index (χ3n) is 8.88. The molecule has 368 valence electrons. The van der Waals surface area contributed by atoms with E-state index < -0.39 is 90.2 Å². The first-order chi connectivity index (χ1) is 31.0. The number of carbonyl (C=O) groups is 2. The van der Waals surface area contributed by atoms with E-state index in [0.717, 1.165) is 32.9 Å². The van der Waals surface area contributed by atoms with Crippen molar-refractivity contribution in [3.63, 3.8) is 0 Å². The van der Waals surface area contributed by atoms with Crippen LogP contribution in [0.15, 0.2) is 107 Å². The lowest BCUT2D eigenvalue weighted by atomic mass is 10.2. The van der Waals surface area contributed by atoms with Crippen molar-refractivity contribution in [3.05, 3.63) is 108 Å². The number of carbonyl (C=O) groups excluding carboxylic acids is 2. The van der Waals surface area contributed by atoms with E-state index in [0.29, 0.717) is 12.1 Å². The van der Waals surface area contributed by atoms with Gasteiger partial charge in [0.25, 0.3) is 20.0 Å². The van der Waals surface area contributed by atoms with Gasteiger partial charge in [-0.1, -0.05) is 64.5 Å². The number of aliphatic hydroxyl groups is 1. The summed E-state index contributed by atoms with van der Waals surface area (Å²) in [7, 11) is -9.26. The largest absolute Gasteiger partial charge is 0.489 e. The molecular formula is C44H49BrF6N2O12S2. The van der Waals surface area contributed by atoms with Crippen LogP contribution in [0.1, 0.15) is 52.7 Å². The molecule has 0 spiro atoms. The molecule has 0 bridgehead atoms. The molecule has 2 aliphatic heterocycles. The van der Waals surface area contributed by atoms with Gasteiger partial charge in [-0.3, -0.25) is 13.4 Å². The Morgan fingerprint density at radius 1 is 0.627 bits per heavy atom.